The summed E-state index contributed by atoms with van der Waals surface area (Å²) in [4.78, 5) is 46.9. The van der Waals surface area contributed by atoms with Crippen molar-refractivity contribution in [1.82, 2.24) is 19.9 Å². The number of carbonyl (C=O) groups is 3. The number of pyridine rings is 1. The molecule has 1 aromatic carbocycles. The zero-order valence-corrected chi connectivity index (χ0v) is 27.6. The molecule has 0 amide bonds. The molecule has 0 unspecified atom stereocenters. The number of imidazole rings is 1. The molecular formula is C34H38F2N4O7S. The van der Waals surface area contributed by atoms with E-state index in [9.17, 15) is 23.2 Å². The van der Waals surface area contributed by atoms with Gasteiger partial charge in [-0.05, 0) is 93.6 Å². The summed E-state index contributed by atoms with van der Waals surface area (Å²) < 4.78 is 27.1. The first-order chi connectivity index (χ1) is 22.5. The molecule has 14 heteroatoms. The van der Waals surface area contributed by atoms with E-state index in [2.05, 4.69) is 40.8 Å². The van der Waals surface area contributed by atoms with Crippen LogP contribution in [0.5, 0.6) is 0 Å². The Bertz CT molecular complexity index is 1720. The van der Waals surface area contributed by atoms with Gasteiger partial charge in [-0.15, -0.1) is 11.3 Å². The standard InChI is InChI=1S/C28H30F2N4S.C6H8O7/c1-19-4-7-21(16-31-19)27(2,3)34-15-14-28(18-34,13-12-23-10-11-25(30)35-23)26-32-17-24(33-26)20-5-8-22(29)9-6-20;7-3(8)1-6(13,5(11)12)2-4(9)10/h4-11,16-17H,12-15,18H2,1-3H3,(H,32,33);13H,1-2H2,(H,7,8)(H,9,10)(H,11,12)/t28-;/m0./s1. The molecule has 3 aromatic heterocycles. The fraction of sp³-hybridized carbons (Fsp3) is 0.382. The quantitative estimate of drug-likeness (QED) is 0.130. The lowest BCUT2D eigenvalue weighted by Gasteiger charge is -2.37. The Morgan fingerprint density at radius 2 is 1.62 bits per heavy atom. The minimum Gasteiger partial charge on any atom is -0.481 e. The molecule has 48 heavy (non-hydrogen) atoms. The molecule has 5 rings (SSSR count). The smallest absolute Gasteiger partial charge is 0.336 e. The Morgan fingerprint density at radius 3 is 2.17 bits per heavy atom. The van der Waals surface area contributed by atoms with E-state index in [0.717, 1.165) is 60.0 Å². The zero-order chi connectivity index (χ0) is 35.3. The number of aromatic nitrogens is 3. The third kappa shape index (κ3) is 8.68. The number of carboxylic acids is 3. The molecule has 1 fully saturated rings. The van der Waals surface area contributed by atoms with Gasteiger partial charge in [0.05, 0.1) is 24.7 Å². The fourth-order valence-corrected chi connectivity index (χ4v) is 6.53. The molecule has 5 N–H and O–H groups in total. The summed E-state index contributed by atoms with van der Waals surface area (Å²) in [6, 6.07) is 14.1. The van der Waals surface area contributed by atoms with Crippen LogP contribution in [0.15, 0.2) is 60.9 Å². The highest BCUT2D eigenvalue weighted by molar-refractivity contribution is 7.10. The van der Waals surface area contributed by atoms with Crippen molar-refractivity contribution in [1.29, 1.82) is 0 Å². The number of hydrogen-bond acceptors (Lipinski definition) is 8. The number of H-pyrrole nitrogens is 1. The van der Waals surface area contributed by atoms with Gasteiger partial charge in [-0.2, -0.15) is 4.39 Å². The van der Waals surface area contributed by atoms with E-state index < -0.39 is 36.4 Å². The number of carboxylic acid groups (broad SMARTS) is 3. The van der Waals surface area contributed by atoms with Gasteiger partial charge in [0.1, 0.15) is 11.6 Å². The molecule has 4 heterocycles. The molecule has 1 aliphatic rings. The van der Waals surface area contributed by atoms with Crippen molar-refractivity contribution in [3.8, 4) is 11.3 Å². The van der Waals surface area contributed by atoms with Crippen LogP contribution in [0.1, 0.15) is 61.5 Å². The topological polar surface area (TPSA) is 177 Å². The lowest BCUT2D eigenvalue weighted by molar-refractivity contribution is -0.170. The first kappa shape index (κ1) is 36.3. The molecule has 1 aliphatic heterocycles. The van der Waals surface area contributed by atoms with Crippen LogP contribution in [0.4, 0.5) is 8.78 Å². The Morgan fingerprint density at radius 1 is 0.958 bits per heavy atom. The van der Waals surface area contributed by atoms with Crippen molar-refractivity contribution < 1.29 is 43.6 Å². The Labute approximate surface area is 279 Å². The number of rotatable bonds is 12. The van der Waals surface area contributed by atoms with Crippen molar-refractivity contribution in [2.24, 2.45) is 0 Å². The molecule has 0 bridgehead atoms. The number of nitrogens with one attached hydrogen (secondary N) is 1. The second-order valence-corrected chi connectivity index (χ2v) is 13.7. The number of aliphatic carboxylic acids is 3. The second kappa shape index (κ2) is 14.7. The summed E-state index contributed by atoms with van der Waals surface area (Å²) in [7, 11) is 0. The van der Waals surface area contributed by atoms with Gasteiger partial charge in [-0.3, -0.25) is 19.5 Å². The number of nitrogens with zero attached hydrogens (tertiary/aromatic N) is 3. The lowest BCUT2D eigenvalue weighted by Crippen LogP contribution is -2.42. The van der Waals surface area contributed by atoms with Gasteiger partial charge in [-0.1, -0.05) is 6.07 Å². The predicted octanol–water partition coefficient (Wildman–Crippen LogP) is 5.38. The maximum absolute atomic E-state index is 13.7. The maximum atomic E-state index is 13.7. The maximum Gasteiger partial charge on any atom is 0.336 e. The van der Waals surface area contributed by atoms with E-state index in [1.807, 2.05) is 25.4 Å². The fourth-order valence-electron chi connectivity index (χ4n) is 5.81. The molecule has 256 valence electrons. The van der Waals surface area contributed by atoms with E-state index in [1.54, 1.807) is 18.2 Å². The minimum absolute atomic E-state index is 0.147. The molecule has 1 atom stereocenters. The van der Waals surface area contributed by atoms with Gasteiger partial charge in [-0.25, -0.2) is 14.2 Å². The van der Waals surface area contributed by atoms with Crippen LogP contribution < -0.4 is 0 Å². The molecule has 11 nitrogen and oxygen atoms in total. The molecule has 0 saturated carbocycles. The van der Waals surface area contributed by atoms with Crippen LogP contribution in [0, 0.1) is 17.9 Å². The first-order valence-corrected chi connectivity index (χ1v) is 16.0. The van der Waals surface area contributed by atoms with Gasteiger partial charge < -0.3 is 25.4 Å². The first-order valence-electron chi connectivity index (χ1n) is 15.2. The average Bonchev–Trinajstić information content (AvgIpc) is 3.77. The van der Waals surface area contributed by atoms with Crippen molar-refractivity contribution in [3.63, 3.8) is 0 Å². The van der Waals surface area contributed by atoms with Crippen molar-refractivity contribution >= 4 is 29.2 Å². The summed E-state index contributed by atoms with van der Waals surface area (Å²) in [5.74, 6) is -4.34. The third-order valence-electron chi connectivity index (χ3n) is 8.76. The van der Waals surface area contributed by atoms with Gasteiger partial charge in [0.25, 0.3) is 0 Å². The zero-order valence-electron chi connectivity index (χ0n) is 26.7. The van der Waals surface area contributed by atoms with Crippen LogP contribution in [0.2, 0.25) is 0 Å². The predicted molar refractivity (Wildman–Crippen MR) is 174 cm³/mol. The molecular weight excluding hydrogens is 646 g/mol. The van der Waals surface area contributed by atoms with Gasteiger partial charge in [0, 0.05) is 40.8 Å². The van der Waals surface area contributed by atoms with Crippen LogP contribution in [-0.2, 0) is 31.8 Å². The van der Waals surface area contributed by atoms with E-state index in [1.165, 1.54) is 29.0 Å². The van der Waals surface area contributed by atoms with Crippen LogP contribution in [0.25, 0.3) is 11.3 Å². The summed E-state index contributed by atoms with van der Waals surface area (Å²) in [5.41, 5.74) is 0.844. The van der Waals surface area contributed by atoms with Crippen LogP contribution in [0.3, 0.4) is 0 Å². The van der Waals surface area contributed by atoms with Crippen LogP contribution in [-0.4, -0.2) is 76.9 Å². The number of thiophene rings is 1. The number of aryl methyl sites for hydroxylation is 2. The highest BCUT2D eigenvalue weighted by Crippen LogP contribution is 2.43. The molecule has 1 saturated heterocycles. The average molecular weight is 685 g/mol. The minimum atomic E-state index is -2.74. The summed E-state index contributed by atoms with van der Waals surface area (Å²) >= 11 is 1.22. The molecule has 4 aromatic rings. The number of likely N-dealkylation sites (tertiary alicyclic amines) is 1. The Balaban J connectivity index is 0.000000341. The Hall–Kier alpha value is -4.53. The van der Waals surface area contributed by atoms with Gasteiger partial charge in [0.15, 0.2) is 10.7 Å². The van der Waals surface area contributed by atoms with Gasteiger partial charge >= 0.3 is 17.9 Å². The summed E-state index contributed by atoms with van der Waals surface area (Å²) in [6.07, 6.45) is 4.13. The van der Waals surface area contributed by atoms with E-state index in [0.29, 0.717) is 0 Å². The molecule has 0 spiro atoms. The van der Waals surface area contributed by atoms with E-state index >= 15 is 0 Å². The second-order valence-electron chi connectivity index (χ2n) is 12.5. The third-order valence-corrected chi connectivity index (χ3v) is 9.69. The summed E-state index contributed by atoms with van der Waals surface area (Å²) in [6.45, 7) is 8.25. The largest absolute Gasteiger partial charge is 0.481 e. The normalized spacial score (nSPS) is 16.7. The monoisotopic (exact) mass is 684 g/mol. The number of benzene rings is 1. The van der Waals surface area contributed by atoms with Crippen molar-refractivity contribution in [3.05, 3.63) is 93.8 Å². The molecule has 0 radical (unpaired) electrons. The Kier molecular flexibility index (Phi) is 11.1. The SMILES string of the molecule is Cc1ccc(C(C)(C)N2CC[C@](CCc3ccc(F)s3)(c3ncc(-c4ccc(F)cc4)[nH]3)C2)cn1.O=C(O)CC(O)(CC(=O)O)C(=O)O. The summed E-state index contributed by atoms with van der Waals surface area (Å²) in [5, 5.41) is 33.7. The van der Waals surface area contributed by atoms with Crippen molar-refractivity contribution in [2.45, 2.75) is 69.4 Å². The van der Waals surface area contributed by atoms with Gasteiger partial charge in [0.2, 0.25) is 0 Å². The highest BCUT2D eigenvalue weighted by atomic mass is 32.1. The number of halogens is 2. The van der Waals surface area contributed by atoms with E-state index in [-0.39, 0.29) is 21.9 Å². The highest BCUT2D eigenvalue weighted by Gasteiger charge is 2.46. The number of aliphatic hydroxyl groups is 1. The van der Waals surface area contributed by atoms with E-state index in [4.69, 9.17) is 25.4 Å². The number of hydrogen-bond donors (Lipinski definition) is 5. The molecule has 0 aliphatic carbocycles. The number of aromatic amines is 1. The van der Waals surface area contributed by atoms with Crippen LogP contribution >= 0.6 is 11.3 Å². The van der Waals surface area contributed by atoms with Crippen molar-refractivity contribution in [2.75, 3.05) is 13.1 Å². The lowest BCUT2D eigenvalue weighted by atomic mass is 9.81.